The van der Waals surface area contributed by atoms with E-state index in [1.807, 2.05) is 0 Å². The van der Waals surface area contributed by atoms with Crippen molar-refractivity contribution in [2.24, 2.45) is 11.8 Å². The molecule has 1 aliphatic carbocycles. The average molecular weight is 199 g/mol. The smallest absolute Gasteiger partial charge is 0.0443 e. The van der Waals surface area contributed by atoms with Crippen molar-refractivity contribution in [3.05, 3.63) is 0 Å². The van der Waals surface area contributed by atoms with Crippen molar-refractivity contribution in [2.45, 2.75) is 45.6 Å². The summed E-state index contributed by atoms with van der Waals surface area (Å²) in [5, 5.41) is 8.77. The molecule has 0 saturated heterocycles. The van der Waals surface area contributed by atoms with Crippen LogP contribution in [0.15, 0.2) is 0 Å². The molecule has 2 atom stereocenters. The average Bonchev–Trinajstić information content (AvgIpc) is 2.09. The van der Waals surface area contributed by atoms with E-state index in [2.05, 4.69) is 25.8 Å². The van der Waals surface area contributed by atoms with Crippen molar-refractivity contribution in [1.29, 1.82) is 0 Å². The van der Waals surface area contributed by atoms with Crippen LogP contribution < -0.4 is 0 Å². The van der Waals surface area contributed by atoms with Gasteiger partial charge in [0.25, 0.3) is 0 Å². The van der Waals surface area contributed by atoms with E-state index in [9.17, 15) is 0 Å². The highest BCUT2D eigenvalue weighted by molar-refractivity contribution is 4.87. The summed E-state index contributed by atoms with van der Waals surface area (Å²) >= 11 is 0. The van der Waals surface area contributed by atoms with Gasteiger partial charge in [-0.25, -0.2) is 0 Å². The van der Waals surface area contributed by atoms with Crippen LogP contribution in [0.3, 0.4) is 0 Å². The first kappa shape index (κ1) is 12.0. The lowest BCUT2D eigenvalue weighted by Crippen LogP contribution is -2.46. The lowest BCUT2D eigenvalue weighted by atomic mass is 9.74. The molecule has 0 aromatic carbocycles. The van der Waals surface area contributed by atoms with Crippen LogP contribution in [0.2, 0.25) is 0 Å². The summed E-state index contributed by atoms with van der Waals surface area (Å²) in [5.41, 5.74) is 0. The topological polar surface area (TPSA) is 23.5 Å². The standard InChI is InChI=1S/C12H25NO/c1-10(2)9-11-5-6-12(11)13(3)7-4-8-14/h10-12,14H,4-9H2,1-3H3. The first-order chi connectivity index (χ1) is 6.65. The Labute approximate surface area is 88.3 Å². The summed E-state index contributed by atoms with van der Waals surface area (Å²) in [6.07, 6.45) is 5.06. The fourth-order valence-electron chi connectivity index (χ4n) is 2.50. The SMILES string of the molecule is CC(C)CC1CCC1N(C)CCCO. The minimum Gasteiger partial charge on any atom is -0.396 e. The molecule has 2 heteroatoms. The second-order valence-electron chi connectivity index (χ2n) is 5.09. The van der Waals surface area contributed by atoms with E-state index in [0.717, 1.165) is 30.8 Å². The van der Waals surface area contributed by atoms with Gasteiger partial charge in [0, 0.05) is 19.2 Å². The first-order valence-corrected chi connectivity index (χ1v) is 5.96. The third kappa shape index (κ3) is 3.25. The Morgan fingerprint density at radius 3 is 2.50 bits per heavy atom. The maximum atomic E-state index is 8.77. The Kier molecular flexibility index (Phi) is 4.90. The van der Waals surface area contributed by atoms with E-state index in [1.165, 1.54) is 19.3 Å². The zero-order valence-corrected chi connectivity index (χ0v) is 9.87. The van der Waals surface area contributed by atoms with Crippen molar-refractivity contribution in [1.82, 2.24) is 4.90 Å². The van der Waals surface area contributed by atoms with E-state index in [-0.39, 0.29) is 0 Å². The van der Waals surface area contributed by atoms with E-state index in [1.54, 1.807) is 0 Å². The summed E-state index contributed by atoms with van der Waals surface area (Å²) in [7, 11) is 2.20. The van der Waals surface area contributed by atoms with Gasteiger partial charge in [0.05, 0.1) is 0 Å². The van der Waals surface area contributed by atoms with Gasteiger partial charge >= 0.3 is 0 Å². The lowest BCUT2D eigenvalue weighted by molar-refractivity contribution is 0.0654. The highest BCUT2D eigenvalue weighted by atomic mass is 16.3. The Balaban J connectivity index is 2.23. The van der Waals surface area contributed by atoms with E-state index >= 15 is 0 Å². The number of hydrogen-bond donors (Lipinski definition) is 1. The van der Waals surface area contributed by atoms with Gasteiger partial charge in [0.2, 0.25) is 0 Å². The maximum Gasteiger partial charge on any atom is 0.0443 e. The molecule has 0 spiro atoms. The van der Waals surface area contributed by atoms with Crippen molar-refractivity contribution < 1.29 is 5.11 Å². The zero-order chi connectivity index (χ0) is 10.6. The fourth-order valence-corrected chi connectivity index (χ4v) is 2.50. The molecule has 1 N–H and O–H groups in total. The van der Waals surface area contributed by atoms with Crippen LogP contribution in [0.4, 0.5) is 0 Å². The van der Waals surface area contributed by atoms with Crippen molar-refractivity contribution >= 4 is 0 Å². The van der Waals surface area contributed by atoms with Crippen LogP contribution in [0.25, 0.3) is 0 Å². The molecule has 0 aromatic rings. The number of nitrogens with zero attached hydrogens (tertiary/aromatic N) is 1. The van der Waals surface area contributed by atoms with Gasteiger partial charge in [-0.1, -0.05) is 13.8 Å². The number of hydrogen-bond acceptors (Lipinski definition) is 2. The van der Waals surface area contributed by atoms with Gasteiger partial charge in [-0.05, 0) is 44.6 Å². The Morgan fingerprint density at radius 2 is 2.07 bits per heavy atom. The van der Waals surface area contributed by atoms with Crippen LogP contribution >= 0.6 is 0 Å². The zero-order valence-electron chi connectivity index (χ0n) is 9.87. The summed E-state index contributed by atoms with van der Waals surface area (Å²) in [5.74, 6) is 1.74. The number of aliphatic hydroxyl groups is 1. The normalized spacial score (nSPS) is 27.0. The molecule has 1 rings (SSSR count). The molecule has 0 amide bonds. The molecule has 1 saturated carbocycles. The second kappa shape index (κ2) is 5.72. The molecule has 84 valence electrons. The highest BCUT2D eigenvalue weighted by Gasteiger charge is 2.33. The minimum absolute atomic E-state index is 0.325. The highest BCUT2D eigenvalue weighted by Crippen LogP contribution is 2.36. The first-order valence-electron chi connectivity index (χ1n) is 5.96. The predicted molar refractivity (Wildman–Crippen MR) is 60.3 cm³/mol. The predicted octanol–water partition coefficient (Wildman–Crippen LogP) is 2.13. The lowest BCUT2D eigenvalue weighted by Gasteiger charge is -2.43. The van der Waals surface area contributed by atoms with Gasteiger partial charge in [0.15, 0.2) is 0 Å². The van der Waals surface area contributed by atoms with Crippen LogP contribution in [0.1, 0.15) is 39.5 Å². The van der Waals surface area contributed by atoms with Gasteiger partial charge < -0.3 is 10.0 Å². The molecule has 1 fully saturated rings. The van der Waals surface area contributed by atoms with Gasteiger partial charge in [-0.15, -0.1) is 0 Å². The molecule has 0 radical (unpaired) electrons. The van der Waals surface area contributed by atoms with Gasteiger partial charge in [0.1, 0.15) is 0 Å². The van der Waals surface area contributed by atoms with E-state index in [0.29, 0.717) is 6.61 Å². The molecule has 2 unspecified atom stereocenters. The molecular weight excluding hydrogens is 174 g/mol. The third-order valence-electron chi connectivity index (χ3n) is 3.39. The van der Waals surface area contributed by atoms with Gasteiger partial charge in [-0.2, -0.15) is 0 Å². The summed E-state index contributed by atoms with van der Waals surface area (Å²) in [4.78, 5) is 2.44. The quantitative estimate of drug-likeness (QED) is 0.708. The molecule has 1 aliphatic rings. The van der Waals surface area contributed by atoms with Crippen LogP contribution in [0.5, 0.6) is 0 Å². The monoisotopic (exact) mass is 199 g/mol. The minimum atomic E-state index is 0.325. The van der Waals surface area contributed by atoms with E-state index < -0.39 is 0 Å². The van der Waals surface area contributed by atoms with Crippen molar-refractivity contribution in [3.63, 3.8) is 0 Å². The van der Waals surface area contributed by atoms with Crippen LogP contribution in [-0.4, -0.2) is 36.2 Å². The van der Waals surface area contributed by atoms with Crippen LogP contribution in [0, 0.1) is 11.8 Å². The second-order valence-corrected chi connectivity index (χ2v) is 5.09. The summed E-state index contributed by atoms with van der Waals surface area (Å²) < 4.78 is 0. The molecule has 14 heavy (non-hydrogen) atoms. The van der Waals surface area contributed by atoms with Crippen molar-refractivity contribution in [2.75, 3.05) is 20.2 Å². The summed E-state index contributed by atoms with van der Waals surface area (Å²) in [6, 6.07) is 0.795. The number of aliphatic hydroxyl groups excluding tert-OH is 1. The Hall–Kier alpha value is -0.0800. The molecule has 0 aromatic heterocycles. The molecule has 2 nitrogen and oxygen atoms in total. The Bertz CT molecular complexity index is 158. The fraction of sp³-hybridized carbons (Fsp3) is 1.00. The number of rotatable bonds is 6. The molecule has 0 aliphatic heterocycles. The molecule has 0 bridgehead atoms. The third-order valence-corrected chi connectivity index (χ3v) is 3.39. The maximum absolute atomic E-state index is 8.77. The molecular formula is C12H25NO. The van der Waals surface area contributed by atoms with Gasteiger partial charge in [-0.3, -0.25) is 0 Å². The Morgan fingerprint density at radius 1 is 1.36 bits per heavy atom. The van der Waals surface area contributed by atoms with Crippen molar-refractivity contribution in [3.8, 4) is 0 Å². The largest absolute Gasteiger partial charge is 0.396 e. The van der Waals surface area contributed by atoms with E-state index in [4.69, 9.17) is 5.11 Å². The molecule has 0 heterocycles. The summed E-state index contributed by atoms with van der Waals surface area (Å²) in [6.45, 7) is 5.99. The van der Waals surface area contributed by atoms with Crippen LogP contribution in [-0.2, 0) is 0 Å².